The molecule has 1 aliphatic carbocycles. The zero-order valence-corrected chi connectivity index (χ0v) is 17.0. The van der Waals surface area contributed by atoms with Gasteiger partial charge in [-0.2, -0.15) is 5.10 Å². The molecule has 0 spiro atoms. The summed E-state index contributed by atoms with van der Waals surface area (Å²) in [4.78, 5) is 10.8. The van der Waals surface area contributed by atoms with E-state index in [1.54, 1.807) is 10.9 Å². The highest BCUT2D eigenvalue weighted by Crippen LogP contribution is 2.31. The highest BCUT2D eigenvalue weighted by Gasteiger charge is 2.29. The summed E-state index contributed by atoms with van der Waals surface area (Å²) in [6.07, 6.45) is 3.81. The number of nitrogens with zero attached hydrogens (tertiary/aromatic N) is 2. The molecule has 7 nitrogen and oxygen atoms in total. The fourth-order valence-electron chi connectivity index (χ4n) is 3.11. The van der Waals surface area contributed by atoms with Crippen LogP contribution in [0.3, 0.4) is 0 Å². The molecule has 1 aromatic heterocycles. The molecule has 1 atom stereocenters. The molecular weight excluding hydrogens is 441 g/mol. The Morgan fingerprint density at radius 2 is 2.26 bits per heavy atom. The average molecular weight is 460 g/mol. The van der Waals surface area contributed by atoms with Gasteiger partial charge in [0.15, 0.2) is 0 Å². The van der Waals surface area contributed by atoms with E-state index < -0.39 is 21.9 Å². The predicted octanol–water partition coefficient (Wildman–Crippen LogP) is 2.70. The second-order valence-electron chi connectivity index (χ2n) is 6.25. The van der Waals surface area contributed by atoms with Crippen molar-refractivity contribution < 1.29 is 22.3 Å². The molecular formula is C17H19BrFN3O4S. The van der Waals surface area contributed by atoms with Gasteiger partial charge in [0.2, 0.25) is 10.0 Å². The van der Waals surface area contributed by atoms with E-state index in [0.29, 0.717) is 13.0 Å². The number of fused-ring (bicyclic) bond motifs is 1. The minimum absolute atomic E-state index is 0.127. The van der Waals surface area contributed by atoms with Crippen molar-refractivity contribution in [2.45, 2.75) is 43.7 Å². The first-order chi connectivity index (χ1) is 12.8. The van der Waals surface area contributed by atoms with Gasteiger partial charge in [-0.25, -0.2) is 17.5 Å². The van der Waals surface area contributed by atoms with Crippen LogP contribution >= 0.6 is 15.9 Å². The molecule has 27 heavy (non-hydrogen) atoms. The van der Waals surface area contributed by atoms with Crippen LogP contribution in [-0.4, -0.2) is 30.8 Å². The Balaban J connectivity index is 1.78. The fraction of sp³-hybridized carbons (Fsp3) is 0.412. The third kappa shape index (κ3) is 4.56. The van der Waals surface area contributed by atoms with Crippen LogP contribution in [0.15, 0.2) is 33.8 Å². The number of hydrogen-bond acceptors (Lipinski definition) is 5. The summed E-state index contributed by atoms with van der Waals surface area (Å²) in [5, 5.41) is 4.30. The van der Waals surface area contributed by atoms with Gasteiger partial charge in [0.25, 0.3) is 0 Å². The van der Waals surface area contributed by atoms with Crippen LogP contribution in [0, 0.1) is 5.82 Å². The largest absolute Gasteiger partial charge is 0.464 e. The Labute approximate surface area is 165 Å². The van der Waals surface area contributed by atoms with Gasteiger partial charge in [-0.3, -0.25) is 9.48 Å². The predicted molar refractivity (Wildman–Crippen MR) is 99.0 cm³/mol. The van der Waals surface area contributed by atoms with Crippen molar-refractivity contribution in [2.24, 2.45) is 0 Å². The van der Waals surface area contributed by atoms with Crippen LogP contribution < -0.4 is 4.72 Å². The van der Waals surface area contributed by atoms with Crippen LogP contribution in [-0.2, 0) is 32.5 Å². The van der Waals surface area contributed by atoms with Gasteiger partial charge >= 0.3 is 5.97 Å². The SMILES string of the molecule is CC(=O)OCCn1ncc2c1CCCC2NS(=O)(=O)c1ccc(Br)c(F)c1. The summed E-state index contributed by atoms with van der Waals surface area (Å²) in [5.41, 5.74) is 1.72. The van der Waals surface area contributed by atoms with Gasteiger partial charge in [-0.05, 0) is 53.4 Å². The summed E-state index contributed by atoms with van der Waals surface area (Å²) < 4.78 is 48.6. The molecule has 0 bridgehead atoms. The van der Waals surface area contributed by atoms with E-state index in [9.17, 15) is 17.6 Å². The minimum atomic E-state index is -3.88. The number of aromatic nitrogens is 2. The lowest BCUT2D eigenvalue weighted by Crippen LogP contribution is -2.31. The molecule has 3 rings (SSSR count). The lowest BCUT2D eigenvalue weighted by Gasteiger charge is -2.24. The van der Waals surface area contributed by atoms with Crippen molar-refractivity contribution in [2.75, 3.05) is 6.61 Å². The zero-order chi connectivity index (χ0) is 19.6. The van der Waals surface area contributed by atoms with E-state index in [-0.39, 0.29) is 21.9 Å². The first-order valence-electron chi connectivity index (χ1n) is 8.43. The molecule has 10 heteroatoms. The van der Waals surface area contributed by atoms with Crippen molar-refractivity contribution in [1.82, 2.24) is 14.5 Å². The van der Waals surface area contributed by atoms with Gasteiger partial charge in [-0.15, -0.1) is 0 Å². The smallest absolute Gasteiger partial charge is 0.302 e. The van der Waals surface area contributed by atoms with Crippen molar-refractivity contribution in [1.29, 1.82) is 0 Å². The summed E-state index contributed by atoms with van der Waals surface area (Å²) in [7, 11) is -3.88. The third-order valence-electron chi connectivity index (χ3n) is 4.37. The summed E-state index contributed by atoms with van der Waals surface area (Å²) >= 11 is 3.02. The number of esters is 1. The molecule has 2 aromatic rings. The summed E-state index contributed by atoms with van der Waals surface area (Å²) in [6.45, 7) is 1.96. The molecule has 1 unspecified atom stereocenters. The monoisotopic (exact) mass is 459 g/mol. The minimum Gasteiger partial charge on any atom is -0.464 e. The molecule has 1 aromatic carbocycles. The van der Waals surface area contributed by atoms with Crippen molar-refractivity contribution in [3.05, 3.63) is 45.9 Å². The quantitative estimate of drug-likeness (QED) is 0.670. The highest BCUT2D eigenvalue weighted by atomic mass is 79.9. The number of hydrogen-bond donors (Lipinski definition) is 1. The van der Waals surface area contributed by atoms with Gasteiger partial charge < -0.3 is 4.74 Å². The van der Waals surface area contributed by atoms with Crippen molar-refractivity contribution in [3.8, 4) is 0 Å². The van der Waals surface area contributed by atoms with Crippen LogP contribution in [0.25, 0.3) is 0 Å². The molecule has 1 N–H and O–H groups in total. The van der Waals surface area contributed by atoms with Crippen LogP contribution in [0.2, 0.25) is 0 Å². The van der Waals surface area contributed by atoms with Gasteiger partial charge in [0, 0.05) is 18.2 Å². The average Bonchev–Trinajstić information content (AvgIpc) is 3.01. The molecule has 0 amide bonds. The van der Waals surface area contributed by atoms with E-state index in [2.05, 4.69) is 25.8 Å². The Kier molecular flexibility index (Phi) is 5.97. The second kappa shape index (κ2) is 8.07. The standard InChI is InChI=1S/C17H19BrFN3O4S/c1-11(23)26-8-7-22-17-4-2-3-16(13(17)10-20-22)21-27(24,25)12-5-6-14(18)15(19)9-12/h5-6,9-10,16,21H,2-4,7-8H2,1H3. The number of benzene rings is 1. The summed E-state index contributed by atoms with van der Waals surface area (Å²) in [5.74, 6) is -0.996. The van der Waals surface area contributed by atoms with E-state index in [1.807, 2.05) is 0 Å². The molecule has 0 fully saturated rings. The summed E-state index contributed by atoms with van der Waals surface area (Å²) in [6, 6.07) is 3.26. The number of sulfonamides is 1. The maximum atomic E-state index is 13.7. The van der Waals surface area contributed by atoms with Gasteiger partial charge in [-0.1, -0.05) is 0 Å². The van der Waals surface area contributed by atoms with Crippen LogP contribution in [0.5, 0.6) is 0 Å². The first kappa shape index (κ1) is 20.0. The maximum absolute atomic E-state index is 13.7. The number of ether oxygens (including phenoxy) is 1. The second-order valence-corrected chi connectivity index (χ2v) is 8.82. The van der Waals surface area contributed by atoms with Gasteiger partial charge in [0.05, 0.1) is 28.2 Å². The highest BCUT2D eigenvalue weighted by molar-refractivity contribution is 9.10. The Hall–Kier alpha value is -1.78. The normalized spacial score (nSPS) is 16.8. The van der Waals surface area contributed by atoms with Crippen molar-refractivity contribution in [3.63, 3.8) is 0 Å². The molecule has 1 heterocycles. The molecule has 0 radical (unpaired) electrons. The Morgan fingerprint density at radius 3 is 2.96 bits per heavy atom. The van der Waals surface area contributed by atoms with E-state index >= 15 is 0 Å². The Bertz CT molecular complexity index is 961. The fourth-order valence-corrected chi connectivity index (χ4v) is 4.62. The molecule has 0 aliphatic heterocycles. The van der Waals surface area contributed by atoms with E-state index in [1.165, 1.54) is 19.1 Å². The van der Waals surface area contributed by atoms with E-state index in [4.69, 9.17) is 4.74 Å². The zero-order valence-electron chi connectivity index (χ0n) is 14.6. The molecule has 0 saturated heterocycles. The molecule has 146 valence electrons. The van der Waals surface area contributed by atoms with Crippen LogP contribution in [0.4, 0.5) is 4.39 Å². The first-order valence-corrected chi connectivity index (χ1v) is 10.7. The lowest BCUT2D eigenvalue weighted by atomic mass is 9.94. The lowest BCUT2D eigenvalue weighted by molar-refractivity contribution is -0.141. The number of carbonyl (C=O) groups excluding carboxylic acids is 1. The number of rotatable bonds is 6. The number of nitrogens with one attached hydrogen (secondary N) is 1. The van der Waals surface area contributed by atoms with E-state index in [0.717, 1.165) is 30.2 Å². The number of carbonyl (C=O) groups is 1. The number of halogens is 2. The topological polar surface area (TPSA) is 90.3 Å². The van der Waals surface area contributed by atoms with Crippen molar-refractivity contribution >= 4 is 31.9 Å². The Morgan fingerprint density at radius 1 is 1.48 bits per heavy atom. The van der Waals surface area contributed by atoms with Gasteiger partial charge in [0.1, 0.15) is 12.4 Å². The third-order valence-corrected chi connectivity index (χ3v) is 6.48. The molecule has 0 saturated carbocycles. The molecule has 1 aliphatic rings. The maximum Gasteiger partial charge on any atom is 0.302 e. The van der Waals surface area contributed by atoms with Crippen LogP contribution in [0.1, 0.15) is 37.1 Å².